The predicted molar refractivity (Wildman–Crippen MR) is 134 cm³/mol. The van der Waals surface area contributed by atoms with Gasteiger partial charge in [0.1, 0.15) is 0 Å². The second-order valence-electron chi connectivity index (χ2n) is 8.03. The van der Waals surface area contributed by atoms with E-state index >= 15 is 0 Å². The molecule has 35 heavy (non-hydrogen) atoms. The van der Waals surface area contributed by atoms with Crippen LogP contribution in [0.25, 0.3) is 44.6 Å². The van der Waals surface area contributed by atoms with Gasteiger partial charge >= 0.3 is 5.63 Å². The van der Waals surface area contributed by atoms with Crippen LogP contribution in [-0.2, 0) is 0 Å². The summed E-state index contributed by atoms with van der Waals surface area (Å²) in [5.41, 5.74) is 4.06. The molecular formula is C28H18ClNO5. The lowest BCUT2D eigenvalue weighted by Gasteiger charge is -2.11. The molecule has 0 saturated carbocycles. The van der Waals surface area contributed by atoms with E-state index in [-0.39, 0.29) is 6.79 Å². The molecule has 0 saturated heterocycles. The number of methoxy groups -OCH3 is 1. The van der Waals surface area contributed by atoms with Gasteiger partial charge in [-0.3, -0.25) is 0 Å². The van der Waals surface area contributed by atoms with Crippen LogP contribution >= 0.6 is 11.6 Å². The molecule has 0 bridgehead atoms. The maximum atomic E-state index is 13.1. The number of halogens is 1. The number of pyridine rings is 1. The Morgan fingerprint density at radius 2 is 1.60 bits per heavy atom. The van der Waals surface area contributed by atoms with E-state index in [0.29, 0.717) is 44.8 Å². The van der Waals surface area contributed by atoms with E-state index in [9.17, 15) is 4.79 Å². The van der Waals surface area contributed by atoms with E-state index in [1.165, 1.54) is 7.11 Å². The van der Waals surface area contributed by atoms with E-state index in [0.717, 1.165) is 22.1 Å². The zero-order chi connectivity index (χ0) is 23.9. The Balaban J connectivity index is 1.57. The lowest BCUT2D eigenvalue weighted by molar-refractivity contribution is 0.174. The molecule has 0 fully saturated rings. The Kier molecular flexibility index (Phi) is 5.16. The SMILES string of the molecule is COc1cccc2cc(-c3cc(-c4ccc5c(c4)OCO5)cc(-c4ccc(Cl)cc4)n3)c(=O)oc12. The molecule has 0 amide bonds. The maximum absolute atomic E-state index is 13.1. The van der Waals surface area contributed by atoms with Gasteiger partial charge in [-0.25, -0.2) is 9.78 Å². The summed E-state index contributed by atoms with van der Waals surface area (Å²) >= 11 is 6.10. The second-order valence-corrected chi connectivity index (χ2v) is 8.46. The van der Waals surface area contributed by atoms with Crippen LogP contribution < -0.4 is 19.8 Å². The van der Waals surface area contributed by atoms with Gasteiger partial charge in [0.2, 0.25) is 6.79 Å². The Bertz CT molecular complexity index is 1640. The molecule has 0 spiro atoms. The maximum Gasteiger partial charge on any atom is 0.345 e. The Morgan fingerprint density at radius 3 is 2.43 bits per heavy atom. The molecule has 0 aliphatic carbocycles. The molecule has 7 heteroatoms. The number of nitrogens with zero attached hydrogens (tertiary/aromatic N) is 1. The average molecular weight is 484 g/mol. The first-order valence-corrected chi connectivity index (χ1v) is 11.3. The van der Waals surface area contributed by atoms with Gasteiger partial charge < -0.3 is 18.6 Å². The molecule has 6 rings (SSSR count). The van der Waals surface area contributed by atoms with E-state index in [1.54, 1.807) is 12.1 Å². The first kappa shape index (κ1) is 21.3. The molecule has 0 unspecified atom stereocenters. The number of hydrogen-bond donors (Lipinski definition) is 0. The average Bonchev–Trinajstić information content (AvgIpc) is 3.36. The minimum absolute atomic E-state index is 0.192. The van der Waals surface area contributed by atoms with Crippen molar-refractivity contribution >= 4 is 22.6 Å². The first-order valence-electron chi connectivity index (χ1n) is 10.9. The molecule has 6 nitrogen and oxygen atoms in total. The van der Waals surface area contributed by atoms with E-state index in [1.807, 2.05) is 66.7 Å². The lowest BCUT2D eigenvalue weighted by atomic mass is 9.99. The number of para-hydroxylation sites is 1. The smallest absolute Gasteiger partial charge is 0.345 e. The number of hydrogen-bond acceptors (Lipinski definition) is 6. The summed E-state index contributed by atoms with van der Waals surface area (Å²) in [5, 5.41) is 1.37. The van der Waals surface area contributed by atoms with Crippen LogP contribution in [0.5, 0.6) is 17.2 Å². The highest BCUT2D eigenvalue weighted by Crippen LogP contribution is 2.38. The van der Waals surface area contributed by atoms with Crippen LogP contribution in [-0.4, -0.2) is 18.9 Å². The van der Waals surface area contributed by atoms with Crippen molar-refractivity contribution in [2.75, 3.05) is 13.9 Å². The summed E-state index contributed by atoms with van der Waals surface area (Å²) in [6.07, 6.45) is 0. The molecule has 5 aromatic rings. The fraction of sp³-hybridized carbons (Fsp3) is 0.0714. The fourth-order valence-electron chi connectivity index (χ4n) is 4.14. The molecule has 0 radical (unpaired) electrons. The highest BCUT2D eigenvalue weighted by molar-refractivity contribution is 6.30. The molecule has 0 N–H and O–H groups in total. The van der Waals surface area contributed by atoms with Gasteiger partial charge in [0.15, 0.2) is 22.8 Å². The van der Waals surface area contributed by atoms with Crippen molar-refractivity contribution in [1.29, 1.82) is 0 Å². The van der Waals surface area contributed by atoms with Gasteiger partial charge in [-0.05, 0) is 59.7 Å². The number of ether oxygens (including phenoxy) is 3. The molecule has 1 aliphatic rings. The third-order valence-electron chi connectivity index (χ3n) is 5.89. The quantitative estimate of drug-likeness (QED) is 0.269. The molecule has 3 aromatic carbocycles. The molecule has 0 atom stereocenters. The molecule has 3 heterocycles. The van der Waals surface area contributed by atoms with Crippen LogP contribution in [0, 0.1) is 0 Å². The van der Waals surface area contributed by atoms with E-state index in [4.69, 9.17) is 35.2 Å². The van der Waals surface area contributed by atoms with Crippen molar-refractivity contribution in [2.24, 2.45) is 0 Å². The van der Waals surface area contributed by atoms with Gasteiger partial charge in [0.25, 0.3) is 0 Å². The Morgan fingerprint density at radius 1 is 0.829 bits per heavy atom. The fourth-order valence-corrected chi connectivity index (χ4v) is 4.26. The largest absolute Gasteiger partial charge is 0.493 e. The van der Waals surface area contributed by atoms with E-state index < -0.39 is 5.63 Å². The lowest BCUT2D eigenvalue weighted by Crippen LogP contribution is -2.05. The first-order chi connectivity index (χ1) is 17.1. The van der Waals surface area contributed by atoms with Crippen molar-refractivity contribution in [3.63, 3.8) is 0 Å². The topological polar surface area (TPSA) is 70.8 Å². The van der Waals surface area contributed by atoms with Crippen molar-refractivity contribution in [1.82, 2.24) is 4.98 Å². The predicted octanol–water partition coefficient (Wildman–Crippen LogP) is 6.58. The monoisotopic (exact) mass is 483 g/mol. The van der Waals surface area contributed by atoms with Gasteiger partial charge in [0.05, 0.1) is 24.1 Å². The molecule has 2 aromatic heterocycles. The summed E-state index contributed by atoms with van der Waals surface area (Å²) in [7, 11) is 1.54. The van der Waals surface area contributed by atoms with Crippen LogP contribution in [0.15, 0.2) is 88.1 Å². The third kappa shape index (κ3) is 3.88. The summed E-state index contributed by atoms with van der Waals surface area (Å²) in [5.74, 6) is 1.87. The van der Waals surface area contributed by atoms with Crippen LogP contribution in [0.3, 0.4) is 0 Å². The van der Waals surface area contributed by atoms with Crippen LogP contribution in [0.1, 0.15) is 0 Å². The highest BCUT2D eigenvalue weighted by atomic mass is 35.5. The number of fused-ring (bicyclic) bond motifs is 2. The van der Waals surface area contributed by atoms with Gasteiger partial charge in [-0.2, -0.15) is 0 Å². The molecular weight excluding hydrogens is 466 g/mol. The Labute approximate surface area is 205 Å². The highest BCUT2D eigenvalue weighted by Gasteiger charge is 2.18. The van der Waals surface area contributed by atoms with Crippen LogP contribution in [0.4, 0.5) is 0 Å². The van der Waals surface area contributed by atoms with Crippen molar-refractivity contribution < 1.29 is 18.6 Å². The molecule has 172 valence electrons. The summed E-state index contributed by atoms with van der Waals surface area (Å²) in [4.78, 5) is 17.9. The Hall–Kier alpha value is -4.29. The normalized spacial score (nSPS) is 12.2. The minimum Gasteiger partial charge on any atom is -0.493 e. The number of rotatable bonds is 4. The molecule has 1 aliphatic heterocycles. The van der Waals surface area contributed by atoms with Gasteiger partial charge in [-0.15, -0.1) is 0 Å². The number of benzene rings is 3. The zero-order valence-electron chi connectivity index (χ0n) is 18.6. The van der Waals surface area contributed by atoms with E-state index in [2.05, 4.69) is 0 Å². The third-order valence-corrected chi connectivity index (χ3v) is 6.14. The van der Waals surface area contributed by atoms with Crippen LogP contribution in [0.2, 0.25) is 5.02 Å². The van der Waals surface area contributed by atoms with Gasteiger partial charge in [-0.1, -0.05) is 41.9 Å². The number of aromatic nitrogens is 1. The summed E-state index contributed by atoms with van der Waals surface area (Å²) in [6, 6.07) is 24.2. The van der Waals surface area contributed by atoms with Crippen molar-refractivity contribution in [3.05, 3.63) is 94.3 Å². The zero-order valence-corrected chi connectivity index (χ0v) is 19.3. The summed E-state index contributed by atoms with van der Waals surface area (Å²) in [6.45, 7) is 0.192. The van der Waals surface area contributed by atoms with Crippen molar-refractivity contribution in [3.8, 4) is 50.9 Å². The second kappa shape index (κ2) is 8.49. The minimum atomic E-state index is -0.501. The summed E-state index contributed by atoms with van der Waals surface area (Å²) < 4.78 is 22.0. The van der Waals surface area contributed by atoms with Crippen molar-refractivity contribution in [2.45, 2.75) is 0 Å². The standard InChI is InChI=1S/C28H18ClNO5/c1-32-25-4-2-3-18-11-21(28(31)35-27(18)25)23-13-19(17-7-10-24-26(14-17)34-15-33-24)12-22(30-23)16-5-8-20(29)9-6-16/h2-14H,15H2,1H3. The van der Waals surface area contributed by atoms with Gasteiger partial charge in [0, 0.05) is 16.0 Å².